The molecule has 1 aromatic carbocycles. The average molecular weight is 253 g/mol. The van der Waals surface area contributed by atoms with Crippen LogP contribution in [-0.2, 0) is 4.84 Å². The van der Waals surface area contributed by atoms with E-state index < -0.39 is 35.8 Å². The zero-order chi connectivity index (χ0) is 13.1. The van der Waals surface area contributed by atoms with Crippen molar-refractivity contribution in [2.75, 3.05) is 6.61 Å². The Labute approximate surface area is 92.8 Å². The zero-order valence-electron chi connectivity index (χ0n) is 8.21. The molecule has 0 unspecified atom stereocenters. The van der Waals surface area contributed by atoms with Crippen molar-refractivity contribution < 1.29 is 32.3 Å². The van der Waals surface area contributed by atoms with Gasteiger partial charge in [0.2, 0.25) is 0 Å². The van der Waals surface area contributed by atoms with Gasteiger partial charge >= 0.3 is 6.18 Å². The predicted molar refractivity (Wildman–Crippen MR) is 47.5 cm³/mol. The van der Waals surface area contributed by atoms with Gasteiger partial charge in [-0.2, -0.15) is 13.2 Å². The van der Waals surface area contributed by atoms with Crippen LogP contribution in [0.5, 0.6) is 5.75 Å². The molecule has 0 atom stereocenters. The molecule has 0 bridgehead atoms. The monoisotopic (exact) mass is 253 g/mol. The summed E-state index contributed by atoms with van der Waals surface area (Å²) in [5.41, 5.74) is 0.898. The minimum atomic E-state index is -4.60. The molecule has 1 amide bonds. The topological polar surface area (TPSA) is 58.6 Å². The van der Waals surface area contributed by atoms with Crippen LogP contribution in [-0.4, -0.2) is 23.8 Å². The van der Waals surface area contributed by atoms with Crippen LogP contribution in [0.1, 0.15) is 10.4 Å². The molecular formula is C9H7F4NO3. The average Bonchev–Trinajstić information content (AvgIpc) is 2.15. The fourth-order valence-electron chi connectivity index (χ4n) is 0.927. The number of carbonyl (C=O) groups is 1. The van der Waals surface area contributed by atoms with E-state index in [2.05, 4.69) is 4.84 Å². The molecule has 17 heavy (non-hydrogen) atoms. The van der Waals surface area contributed by atoms with Crippen molar-refractivity contribution in [2.45, 2.75) is 6.18 Å². The Hall–Kier alpha value is -1.83. The number of hydroxylamine groups is 1. The first-order valence-electron chi connectivity index (χ1n) is 4.27. The minimum Gasteiger partial charge on any atom is -0.508 e. The highest BCUT2D eigenvalue weighted by Crippen LogP contribution is 2.16. The third-order valence-corrected chi connectivity index (χ3v) is 1.60. The molecule has 1 aromatic rings. The van der Waals surface area contributed by atoms with Crippen LogP contribution in [0.15, 0.2) is 18.2 Å². The zero-order valence-corrected chi connectivity index (χ0v) is 8.21. The molecule has 0 radical (unpaired) electrons. The maximum absolute atomic E-state index is 13.1. The molecule has 8 heteroatoms. The van der Waals surface area contributed by atoms with E-state index in [9.17, 15) is 22.4 Å². The van der Waals surface area contributed by atoms with Crippen molar-refractivity contribution in [1.29, 1.82) is 0 Å². The molecule has 0 heterocycles. The largest absolute Gasteiger partial charge is 0.508 e. The molecule has 0 spiro atoms. The lowest BCUT2D eigenvalue weighted by atomic mass is 10.2. The number of alkyl halides is 3. The van der Waals surface area contributed by atoms with Gasteiger partial charge in [-0.1, -0.05) is 0 Å². The summed E-state index contributed by atoms with van der Waals surface area (Å²) < 4.78 is 48.0. The number of hydrogen-bond acceptors (Lipinski definition) is 3. The molecule has 0 fully saturated rings. The van der Waals surface area contributed by atoms with E-state index in [-0.39, 0.29) is 0 Å². The summed E-state index contributed by atoms with van der Waals surface area (Å²) in [6.45, 7) is -1.68. The fourth-order valence-corrected chi connectivity index (χ4v) is 0.927. The third-order valence-electron chi connectivity index (χ3n) is 1.60. The van der Waals surface area contributed by atoms with E-state index in [0.29, 0.717) is 6.07 Å². The van der Waals surface area contributed by atoms with Crippen molar-refractivity contribution in [1.82, 2.24) is 5.48 Å². The number of hydrogen-bond donors (Lipinski definition) is 2. The molecule has 0 saturated carbocycles. The lowest BCUT2D eigenvalue weighted by molar-refractivity contribution is -0.184. The van der Waals surface area contributed by atoms with Crippen molar-refractivity contribution in [3.63, 3.8) is 0 Å². The van der Waals surface area contributed by atoms with E-state index in [1.165, 1.54) is 5.48 Å². The van der Waals surface area contributed by atoms with Crippen LogP contribution < -0.4 is 5.48 Å². The van der Waals surface area contributed by atoms with Gasteiger partial charge in [0.15, 0.2) is 6.61 Å². The van der Waals surface area contributed by atoms with Crippen LogP contribution in [0.2, 0.25) is 0 Å². The molecule has 0 aliphatic rings. The molecule has 1 rings (SSSR count). The molecule has 0 aliphatic carbocycles. The summed E-state index contributed by atoms with van der Waals surface area (Å²) in [5.74, 6) is -2.65. The van der Waals surface area contributed by atoms with E-state index in [1.54, 1.807) is 0 Å². The highest BCUT2D eigenvalue weighted by atomic mass is 19.4. The Kier molecular flexibility index (Phi) is 3.89. The first kappa shape index (κ1) is 13.2. The molecule has 2 N–H and O–H groups in total. The maximum atomic E-state index is 13.1. The summed E-state index contributed by atoms with van der Waals surface area (Å²) in [7, 11) is 0. The van der Waals surface area contributed by atoms with Gasteiger partial charge in [0.1, 0.15) is 11.6 Å². The van der Waals surface area contributed by atoms with Gasteiger partial charge in [0.25, 0.3) is 5.91 Å². The first-order chi connectivity index (χ1) is 7.79. The Balaban J connectivity index is 2.59. The predicted octanol–water partition coefficient (Wildman–Crippen LogP) is 1.75. The molecule has 94 valence electrons. The normalized spacial score (nSPS) is 11.3. The van der Waals surface area contributed by atoms with E-state index in [4.69, 9.17) is 5.11 Å². The molecule has 0 aliphatic heterocycles. The smallest absolute Gasteiger partial charge is 0.414 e. The van der Waals surface area contributed by atoms with Crippen molar-refractivity contribution >= 4 is 5.91 Å². The number of phenolic OH excluding ortho intramolecular Hbond substituents is 1. The van der Waals surface area contributed by atoms with Gasteiger partial charge in [0, 0.05) is 6.07 Å². The second-order valence-electron chi connectivity index (χ2n) is 3.00. The van der Waals surface area contributed by atoms with E-state index in [0.717, 1.165) is 12.1 Å². The van der Waals surface area contributed by atoms with Crippen molar-refractivity contribution in [3.05, 3.63) is 29.6 Å². The summed E-state index contributed by atoms with van der Waals surface area (Å²) >= 11 is 0. The Morgan fingerprint density at radius 2 is 2.06 bits per heavy atom. The highest BCUT2D eigenvalue weighted by Gasteiger charge is 2.28. The van der Waals surface area contributed by atoms with Gasteiger partial charge in [-0.15, -0.1) is 0 Å². The first-order valence-corrected chi connectivity index (χ1v) is 4.27. The number of benzene rings is 1. The number of nitrogens with one attached hydrogen (secondary N) is 1. The van der Waals surface area contributed by atoms with Crippen LogP contribution in [0.4, 0.5) is 17.6 Å². The van der Waals surface area contributed by atoms with Crippen molar-refractivity contribution in [3.8, 4) is 5.75 Å². The lowest BCUT2D eigenvalue weighted by Crippen LogP contribution is -2.30. The summed E-state index contributed by atoms with van der Waals surface area (Å²) in [6, 6.07) is 2.58. The van der Waals surface area contributed by atoms with Crippen LogP contribution in [0, 0.1) is 5.82 Å². The molecule has 0 aromatic heterocycles. The molecule has 4 nitrogen and oxygen atoms in total. The number of halogens is 4. The van der Waals surface area contributed by atoms with Gasteiger partial charge in [-0.3, -0.25) is 9.63 Å². The highest BCUT2D eigenvalue weighted by molar-refractivity contribution is 5.93. The van der Waals surface area contributed by atoms with E-state index >= 15 is 0 Å². The maximum Gasteiger partial charge on any atom is 0.414 e. The van der Waals surface area contributed by atoms with Crippen molar-refractivity contribution in [2.24, 2.45) is 0 Å². The minimum absolute atomic E-state index is 0.407. The summed E-state index contributed by atoms with van der Waals surface area (Å²) in [4.78, 5) is 15.0. The van der Waals surface area contributed by atoms with Gasteiger partial charge in [-0.25, -0.2) is 9.87 Å². The standard InChI is InChI=1S/C9H7F4NO3/c10-7-3-5(15)1-2-6(7)8(16)14-17-4-9(11,12)13/h1-3,15H,4H2,(H,14,16). The third kappa shape index (κ3) is 4.27. The summed E-state index contributed by atoms with van der Waals surface area (Å²) in [5, 5.41) is 8.85. The van der Waals surface area contributed by atoms with Crippen LogP contribution in [0.3, 0.4) is 0 Å². The lowest BCUT2D eigenvalue weighted by Gasteiger charge is -2.08. The van der Waals surface area contributed by atoms with E-state index in [1.807, 2.05) is 0 Å². The Morgan fingerprint density at radius 3 is 2.59 bits per heavy atom. The van der Waals surface area contributed by atoms with Gasteiger partial charge in [0.05, 0.1) is 5.56 Å². The number of amides is 1. The van der Waals surface area contributed by atoms with Crippen LogP contribution in [0.25, 0.3) is 0 Å². The quantitative estimate of drug-likeness (QED) is 0.637. The number of rotatable bonds is 3. The number of aromatic hydroxyl groups is 1. The Morgan fingerprint density at radius 1 is 1.41 bits per heavy atom. The summed E-state index contributed by atoms with van der Waals surface area (Å²) in [6.07, 6.45) is -4.60. The van der Waals surface area contributed by atoms with Gasteiger partial charge in [-0.05, 0) is 12.1 Å². The Bertz CT molecular complexity index is 419. The molecule has 0 saturated heterocycles. The van der Waals surface area contributed by atoms with Crippen LogP contribution >= 0.6 is 0 Å². The van der Waals surface area contributed by atoms with Gasteiger partial charge < -0.3 is 5.11 Å². The second-order valence-corrected chi connectivity index (χ2v) is 3.00. The SMILES string of the molecule is O=C(NOCC(F)(F)F)c1ccc(O)cc1F. The second kappa shape index (κ2) is 5.00. The number of phenols is 1. The fraction of sp³-hybridized carbons (Fsp3) is 0.222. The number of carbonyl (C=O) groups excluding carboxylic acids is 1. The molecular weight excluding hydrogens is 246 g/mol.